The highest BCUT2D eigenvalue weighted by Crippen LogP contribution is 2.32. The SMILES string of the molecule is CC.CC(C)(C)OC(=O)N1CCN(c2c(F)ccc(NCc3ccccc3)c2CN)CC1. The number of carbonyl (C=O) groups excluding carboxylic acids is 1. The standard InChI is InChI=1S/C23H31FN4O2.C2H6/c1-23(2,3)30-22(29)28-13-11-27(12-14-28)21-18(15-25)20(10-9-19(21)24)26-16-17-7-5-4-6-8-17;1-2/h4-10,26H,11-16,25H2,1-3H3;1-2H3. The molecule has 0 bridgehead atoms. The Hall–Kier alpha value is -2.80. The number of rotatable bonds is 5. The predicted octanol–water partition coefficient (Wildman–Crippen LogP) is 4.98. The Balaban J connectivity index is 0.00000176. The molecule has 1 amide bonds. The summed E-state index contributed by atoms with van der Waals surface area (Å²) in [5, 5.41) is 3.38. The monoisotopic (exact) mass is 444 g/mol. The molecule has 176 valence electrons. The Morgan fingerprint density at radius 3 is 2.25 bits per heavy atom. The second-order valence-corrected chi connectivity index (χ2v) is 8.42. The van der Waals surface area contributed by atoms with Crippen LogP contribution >= 0.6 is 0 Å². The molecule has 2 aromatic carbocycles. The maximum atomic E-state index is 14.8. The summed E-state index contributed by atoms with van der Waals surface area (Å²) in [5.74, 6) is -0.300. The van der Waals surface area contributed by atoms with Crippen molar-refractivity contribution in [1.82, 2.24) is 4.90 Å². The highest BCUT2D eigenvalue weighted by molar-refractivity contribution is 5.70. The van der Waals surface area contributed by atoms with Gasteiger partial charge in [-0.3, -0.25) is 0 Å². The van der Waals surface area contributed by atoms with E-state index >= 15 is 0 Å². The van der Waals surface area contributed by atoms with Gasteiger partial charge in [0, 0.05) is 50.5 Å². The quantitative estimate of drug-likeness (QED) is 0.681. The van der Waals surface area contributed by atoms with Gasteiger partial charge >= 0.3 is 6.09 Å². The molecule has 3 N–H and O–H groups in total. The number of amides is 1. The average Bonchev–Trinajstić information content (AvgIpc) is 2.79. The van der Waals surface area contributed by atoms with Crippen LogP contribution in [0.1, 0.15) is 45.7 Å². The van der Waals surface area contributed by atoms with Crippen molar-refractivity contribution in [3.8, 4) is 0 Å². The summed E-state index contributed by atoms with van der Waals surface area (Å²) < 4.78 is 20.3. The summed E-state index contributed by atoms with van der Waals surface area (Å²) in [6.45, 7) is 12.4. The summed E-state index contributed by atoms with van der Waals surface area (Å²) in [7, 11) is 0. The van der Waals surface area contributed by atoms with E-state index in [4.69, 9.17) is 10.5 Å². The van der Waals surface area contributed by atoms with Crippen molar-refractivity contribution in [3.63, 3.8) is 0 Å². The molecular weight excluding hydrogens is 407 g/mol. The van der Waals surface area contributed by atoms with Crippen LogP contribution in [0.25, 0.3) is 0 Å². The molecule has 0 aromatic heterocycles. The summed E-state index contributed by atoms with van der Waals surface area (Å²) in [6, 6.07) is 13.2. The third-order valence-corrected chi connectivity index (χ3v) is 5.01. The van der Waals surface area contributed by atoms with Crippen molar-refractivity contribution < 1.29 is 13.9 Å². The average molecular weight is 445 g/mol. The second-order valence-electron chi connectivity index (χ2n) is 8.42. The van der Waals surface area contributed by atoms with Gasteiger partial charge in [-0.2, -0.15) is 0 Å². The van der Waals surface area contributed by atoms with E-state index in [1.165, 1.54) is 6.07 Å². The van der Waals surface area contributed by atoms with Crippen LogP contribution < -0.4 is 16.0 Å². The maximum absolute atomic E-state index is 14.8. The van der Waals surface area contributed by atoms with Crippen LogP contribution in [-0.2, 0) is 17.8 Å². The van der Waals surface area contributed by atoms with E-state index < -0.39 is 5.60 Å². The summed E-state index contributed by atoms with van der Waals surface area (Å²) in [6.07, 6.45) is -0.333. The molecule has 1 saturated heterocycles. The third kappa shape index (κ3) is 6.85. The van der Waals surface area contributed by atoms with Gasteiger partial charge in [0.25, 0.3) is 0 Å². The van der Waals surface area contributed by atoms with Crippen molar-refractivity contribution in [3.05, 3.63) is 59.4 Å². The van der Waals surface area contributed by atoms with Crippen molar-refractivity contribution >= 4 is 17.5 Å². The topological polar surface area (TPSA) is 70.8 Å². The van der Waals surface area contributed by atoms with Gasteiger partial charge in [0.15, 0.2) is 0 Å². The molecule has 0 saturated carbocycles. The first kappa shape index (κ1) is 25.5. The molecule has 3 rings (SSSR count). The number of nitrogens with one attached hydrogen (secondary N) is 1. The number of nitrogens with two attached hydrogens (primary N) is 1. The minimum Gasteiger partial charge on any atom is -0.444 e. The molecule has 7 heteroatoms. The number of ether oxygens (including phenoxy) is 1. The smallest absolute Gasteiger partial charge is 0.410 e. The Bertz CT molecular complexity index is 860. The van der Waals surface area contributed by atoms with Crippen molar-refractivity contribution in [2.45, 2.75) is 53.3 Å². The van der Waals surface area contributed by atoms with Gasteiger partial charge in [-0.25, -0.2) is 9.18 Å². The number of hydrogen-bond acceptors (Lipinski definition) is 5. The summed E-state index contributed by atoms with van der Waals surface area (Å²) >= 11 is 0. The fourth-order valence-electron chi connectivity index (χ4n) is 3.55. The molecule has 6 nitrogen and oxygen atoms in total. The predicted molar refractivity (Wildman–Crippen MR) is 129 cm³/mol. The van der Waals surface area contributed by atoms with Crippen LogP contribution in [0.4, 0.5) is 20.6 Å². The van der Waals surface area contributed by atoms with E-state index in [1.54, 1.807) is 11.0 Å². The summed E-state index contributed by atoms with van der Waals surface area (Å²) in [5.41, 5.74) is 8.71. The number of benzene rings is 2. The first-order chi connectivity index (χ1) is 15.3. The normalized spacial score (nSPS) is 13.8. The van der Waals surface area contributed by atoms with Crippen LogP contribution in [0.5, 0.6) is 0 Å². The molecule has 1 aliphatic heterocycles. The fraction of sp³-hybridized carbons (Fsp3) is 0.480. The van der Waals surface area contributed by atoms with Crippen LogP contribution in [0.3, 0.4) is 0 Å². The lowest BCUT2D eigenvalue weighted by molar-refractivity contribution is 0.0240. The molecule has 0 unspecified atom stereocenters. The van der Waals surface area contributed by atoms with Crippen molar-refractivity contribution in [2.75, 3.05) is 36.4 Å². The highest BCUT2D eigenvalue weighted by atomic mass is 19.1. The second kappa shape index (κ2) is 11.7. The van der Waals surface area contributed by atoms with Gasteiger partial charge in [-0.15, -0.1) is 0 Å². The van der Waals surface area contributed by atoms with Crippen LogP contribution in [0, 0.1) is 5.82 Å². The number of carbonyl (C=O) groups is 1. The molecule has 1 aliphatic rings. The number of piperazine rings is 1. The fourth-order valence-corrected chi connectivity index (χ4v) is 3.55. The van der Waals surface area contributed by atoms with E-state index in [9.17, 15) is 9.18 Å². The van der Waals surface area contributed by atoms with E-state index in [2.05, 4.69) is 5.32 Å². The molecule has 0 aliphatic carbocycles. The molecule has 2 aromatic rings. The number of anilines is 2. The maximum Gasteiger partial charge on any atom is 0.410 e. The molecular formula is C25H37FN4O2. The zero-order valence-corrected chi connectivity index (χ0v) is 20.0. The largest absolute Gasteiger partial charge is 0.444 e. The van der Waals surface area contributed by atoms with Gasteiger partial charge in [-0.05, 0) is 38.5 Å². The molecule has 32 heavy (non-hydrogen) atoms. The number of halogens is 1. The molecule has 0 spiro atoms. The van der Waals surface area contributed by atoms with E-state index in [0.29, 0.717) is 38.4 Å². The Kier molecular flexibility index (Phi) is 9.32. The van der Waals surface area contributed by atoms with Gasteiger partial charge in [0.05, 0.1) is 5.69 Å². The van der Waals surface area contributed by atoms with E-state index in [0.717, 1.165) is 16.8 Å². The van der Waals surface area contributed by atoms with E-state index in [-0.39, 0.29) is 18.5 Å². The molecule has 1 heterocycles. The van der Waals surface area contributed by atoms with Crippen LogP contribution in [0.15, 0.2) is 42.5 Å². The van der Waals surface area contributed by atoms with Gasteiger partial charge in [0.1, 0.15) is 11.4 Å². The highest BCUT2D eigenvalue weighted by Gasteiger charge is 2.28. The molecule has 1 fully saturated rings. The van der Waals surface area contributed by atoms with Crippen LogP contribution in [-0.4, -0.2) is 42.8 Å². The van der Waals surface area contributed by atoms with Crippen molar-refractivity contribution in [2.24, 2.45) is 5.73 Å². The first-order valence-corrected chi connectivity index (χ1v) is 11.3. The number of nitrogens with zero attached hydrogens (tertiary/aromatic N) is 2. The Labute approximate surface area is 191 Å². The van der Waals surface area contributed by atoms with E-state index in [1.807, 2.05) is 69.9 Å². The molecule has 0 radical (unpaired) electrons. The molecule has 0 atom stereocenters. The first-order valence-electron chi connectivity index (χ1n) is 11.3. The number of hydrogen-bond donors (Lipinski definition) is 2. The van der Waals surface area contributed by atoms with Crippen LogP contribution in [0.2, 0.25) is 0 Å². The zero-order valence-electron chi connectivity index (χ0n) is 20.0. The van der Waals surface area contributed by atoms with Gasteiger partial charge in [0.2, 0.25) is 0 Å². The minimum absolute atomic E-state index is 0.219. The minimum atomic E-state index is -0.536. The lowest BCUT2D eigenvalue weighted by Crippen LogP contribution is -2.50. The lowest BCUT2D eigenvalue weighted by Gasteiger charge is -2.38. The lowest BCUT2D eigenvalue weighted by atomic mass is 10.1. The van der Waals surface area contributed by atoms with Crippen molar-refractivity contribution in [1.29, 1.82) is 0 Å². The Morgan fingerprint density at radius 2 is 1.69 bits per heavy atom. The van der Waals surface area contributed by atoms with Gasteiger partial charge < -0.3 is 25.6 Å². The zero-order chi connectivity index (χ0) is 23.7. The third-order valence-electron chi connectivity index (χ3n) is 5.01. The summed E-state index contributed by atoms with van der Waals surface area (Å²) in [4.78, 5) is 15.9. The Morgan fingerprint density at radius 1 is 1.06 bits per heavy atom. The van der Waals surface area contributed by atoms with Gasteiger partial charge in [-0.1, -0.05) is 44.2 Å².